The highest BCUT2D eigenvalue weighted by Gasteiger charge is 2.28. The van der Waals surface area contributed by atoms with E-state index >= 15 is 0 Å². The van der Waals surface area contributed by atoms with Crippen LogP contribution in [-0.2, 0) is 12.0 Å². The zero-order valence-corrected chi connectivity index (χ0v) is 22.0. The van der Waals surface area contributed by atoms with Crippen LogP contribution < -0.4 is 10.1 Å². The van der Waals surface area contributed by atoms with Crippen LogP contribution in [0.5, 0.6) is 5.75 Å². The molecule has 4 heterocycles. The molecule has 37 heavy (non-hydrogen) atoms. The van der Waals surface area contributed by atoms with Crippen LogP contribution in [0, 0.1) is 11.3 Å². The molecule has 0 aromatic carbocycles. The molecule has 1 aliphatic rings. The van der Waals surface area contributed by atoms with E-state index in [0.29, 0.717) is 0 Å². The van der Waals surface area contributed by atoms with Crippen LogP contribution in [0.2, 0.25) is 0 Å². The van der Waals surface area contributed by atoms with Crippen LogP contribution in [0.3, 0.4) is 0 Å². The third kappa shape index (κ3) is 4.88. The summed E-state index contributed by atoms with van der Waals surface area (Å²) >= 11 is 0. The fourth-order valence-electron chi connectivity index (χ4n) is 4.99. The van der Waals surface area contributed by atoms with Crippen molar-refractivity contribution in [3.63, 3.8) is 0 Å². The molecule has 0 unspecified atom stereocenters. The second-order valence-corrected chi connectivity index (χ2v) is 10.1. The highest BCUT2D eigenvalue weighted by atomic mass is 16.5. The standard InChI is InChI=1S/C28H34N8O/c1-5-23-25(8-7-13-31-23)37-21-11-9-20(10-12-21)36-24-14-26(30-6-2)32-16-22(24)27(34-36)19-15-33-35(17-19)28(3,4)18-29/h7-8,13-17,20-21H,5-6,9-12H2,1-4H3,(H,30,32). The fourth-order valence-corrected chi connectivity index (χ4v) is 4.99. The molecule has 0 radical (unpaired) electrons. The van der Waals surface area contributed by atoms with E-state index in [1.165, 1.54) is 0 Å². The third-order valence-corrected chi connectivity index (χ3v) is 7.12. The lowest BCUT2D eigenvalue weighted by Gasteiger charge is -2.30. The average Bonchev–Trinajstić information content (AvgIpc) is 3.55. The Hall–Kier alpha value is -3.93. The van der Waals surface area contributed by atoms with Crippen molar-refractivity contribution in [3.05, 3.63) is 48.7 Å². The number of pyridine rings is 2. The van der Waals surface area contributed by atoms with Crippen LogP contribution in [0.25, 0.3) is 22.2 Å². The van der Waals surface area contributed by atoms with Gasteiger partial charge in [0.25, 0.3) is 0 Å². The van der Waals surface area contributed by atoms with Gasteiger partial charge in [0.15, 0.2) is 0 Å². The van der Waals surface area contributed by atoms with Gasteiger partial charge in [0.05, 0.1) is 35.6 Å². The Bertz CT molecular complexity index is 1420. The van der Waals surface area contributed by atoms with Crippen LogP contribution >= 0.6 is 0 Å². The van der Waals surface area contributed by atoms with Crippen LogP contribution in [0.4, 0.5) is 5.82 Å². The number of nitrogens with zero attached hydrogens (tertiary/aromatic N) is 7. The number of hydrogen-bond acceptors (Lipinski definition) is 7. The Labute approximate surface area is 217 Å². The van der Waals surface area contributed by atoms with E-state index in [1.807, 2.05) is 44.6 Å². The molecule has 0 atom stereocenters. The lowest BCUT2D eigenvalue weighted by molar-refractivity contribution is 0.129. The summed E-state index contributed by atoms with van der Waals surface area (Å²) in [6, 6.07) is 8.62. The molecule has 192 valence electrons. The van der Waals surface area contributed by atoms with Crippen molar-refractivity contribution < 1.29 is 4.74 Å². The Morgan fingerprint density at radius 3 is 2.70 bits per heavy atom. The highest BCUT2D eigenvalue weighted by Crippen LogP contribution is 2.37. The van der Waals surface area contributed by atoms with E-state index < -0.39 is 5.54 Å². The molecule has 1 N–H and O–H groups in total. The van der Waals surface area contributed by atoms with E-state index in [-0.39, 0.29) is 12.1 Å². The maximum absolute atomic E-state index is 9.54. The van der Waals surface area contributed by atoms with Gasteiger partial charge in [-0.3, -0.25) is 14.3 Å². The van der Waals surface area contributed by atoms with Gasteiger partial charge < -0.3 is 10.1 Å². The molecule has 5 rings (SSSR count). The molecule has 4 aromatic rings. The maximum Gasteiger partial charge on any atom is 0.143 e. The Morgan fingerprint density at radius 2 is 1.97 bits per heavy atom. The van der Waals surface area contributed by atoms with Crippen molar-refractivity contribution in [2.24, 2.45) is 0 Å². The zero-order valence-electron chi connectivity index (χ0n) is 22.0. The van der Waals surface area contributed by atoms with E-state index in [4.69, 9.17) is 9.84 Å². The summed E-state index contributed by atoms with van der Waals surface area (Å²) in [6.07, 6.45) is 12.3. The summed E-state index contributed by atoms with van der Waals surface area (Å²) in [5.41, 5.74) is 3.05. The number of nitrogens with one attached hydrogen (secondary N) is 1. The fraction of sp³-hybridized carbons (Fsp3) is 0.464. The molecule has 0 spiro atoms. The van der Waals surface area contributed by atoms with Gasteiger partial charge in [-0.05, 0) is 65.0 Å². The minimum Gasteiger partial charge on any atom is -0.489 e. The predicted molar refractivity (Wildman–Crippen MR) is 143 cm³/mol. The molecular weight excluding hydrogens is 464 g/mol. The van der Waals surface area contributed by atoms with Gasteiger partial charge in [0.2, 0.25) is 0 Å². The molecule has 1 saturated carbocycles. The predicted octanol–water partition coefficient (Wildman–Crippen LogP) is 5.51. The van der Waals surface area contributed by atoms with Gasteiger partial charge in [-0.2, -0.15) is 15.5 Å². The largest absolute Gasteiger partial charge is 0.489 e. The summed E-state index contributed by atoms with van der Waals surface area (Å²) < 4.78 is 10.2. The molecule has 0 bridgehead atoms. The normalized spacial score (nSPS) is 18.0. The second kappa shape index (κ2) is 10.2. The minimum absolute atomic E-state index is 0.178. The highest BCUT2D eigenvalue weighted by molar-refractivity contribution is 5.93. The smallest absolute Gasteiger partial charge is 0.143 e. The van der Waals surface area contributed by atoms with Gasteiger partial charge in [-0.25, -0.2) is 4.98 Å². The number of fused-ring (bicyclic) bond motifs is 1. The Kier molecular flexibility index (Phi) is 6.83. The summed E-state index contributed by atoms with van der Waals surface area (Å²) in [4.78, 5) is 9.08. The van der Waals surface area contributed by atoms with Crippen molar-refractivity contribution in [1.82, 2.24) is 29.5 Å². The number of ether oxygens (including phenoxy) is 1. The lowest BCUT2D eigenvalue weighted by Crippen LogP contribution is -2.26. The summed E-state index contributed by atoms with van der Waals surface area (Å²) in [7, 11) is 0. The number of nitriles is 1. The van der Waals surface area contributed by atoms with E-state index in [1.54, 1.807) is 10.9 Å². The molecule has 0 saturated heterocycles. The van der Waals surface area contributed by atoms with Crippen LogP contribution in [0.15, 0.2) is 43.0 Å². The Balaban J connectivity index is 1.43. The van der Waals surface area contributed by atoms with Crippen LogP contribution in [0.1, 0.15) is 65.1 Å². The topological polar surface area (TPSA) is 106 Å². The summed E-state index contributed by atoms with van der Waals surface area (Å²) in [5.74, 6) is 1.74. The number of anilines is 1. The van der Waals surface area contributed by atoms with Crippen molar-refractivity contribution in [2.75, 3.05) is 11.9 Å². The van der Waals surface area contributed by atoms with Crippen molar-refractivity contribution in [3.8, 4) is 23.1 Å². The zero-order chi connectivity index (χ0) is 26.0. The molecule has 1 fully saturated rings. The first-order valence-corrected chi connectivity index (χ1v) is 13.1. The van der Waals surface area contributed by atoms with E-state index in [0.717, 1.165) is 78.1 Å². The SMILES string of the molecule is CCNc1cc2c(cn1)c(-c1cnn(C(C)(C)C#N)c1)nn2C1CCC(Oc2cccnc2CC)CC1. The number of aryl methyl sites for hydroxylation is 1. The van der Waals surface area contributed by atoms with E-state index in [2.05, 4.69) is 51.0 Å². The second-order valence-electron chi connectivity index (χ2n) is 10.1. The molecule has 4 aromatic heterocycles. The van der Waals surface area contributed by atoms with Gasteiger partial charge in [0.1, 0.15) is 22.8 Å². The summed E-state index contributed by atoms with van der Waals surface area (Å²) in [5, 5.41) is 23.4. The minimum atomic E-state index is -0.739. The monoisotopic (exact) mass is 498 g/mol. The van der Waals surface area contributed by atoms with Gasteiger partial charge in [-0.1, -0.05) is 6.92 Å². The van der Waals surface area contributed by atoms with E-state index in [9.17, 15) is 5.26 Å². The van der Waals surface area contributed by atoms with Gasteiger partial charge in [-0.15, -0.1) is 0 Å². The van der Waals surface area contributed by atoms with Crippen LogP contribution in [-0.4, -0.2) is 42.2 Å². The summed E-state index contributed by atoms with van der Waals surface area (Å²) in [6.45, 7) is 8.66. The molecule has 9 heteroatoms. The molecule has 0 amide bonds. The number of hydrogen-bond donors (Lipinski definition) is 1. The molecule has 0 aliphatic heterocycles. The lowest BCUT2D eigenvalue weighted by atomic mass is 9.93. The quantitative estimate of drug-likeness (QED) is 0.341. The molecular formula is C28H34N8O. The number of aromatic nitrogens is 6. The Morgan fingerprint density at radius 1 is 1.16 bits per heavy atom. The third-order valence-electron chi connectivity index (χ3n) is 7.12. The maximum atomic E-state index is 9.54. The number of rotatable bonds is 8. The first-order valence-electron chi connectivity index (χ1n) is 13.1. The first kappa shape index (κ1) is 24.8. The van der Waals surface area contributed by atoms with Crippen molar-refractivity contribution in [1.29, 1.82) is 5.26 Å². The average molecular weight is 499 g/mol. The first-order chi connectivity index (χ1) is 17.9. The van der Waals surface area contributed by atoms with Gasteiger partial charge in [0, 0.05) is 42.2 Å². The van der Waals surface area contributed by atoms with Crippen molar-refractivity contribution in [2.45, 2.75) is 77.5 Å². The molecule has 9 nitrogen and oxygen atoms in total. The van der Waals surface area contributed by atoms with Crippen molar-refractivity contribution >= 4 is 16.7 Å². The van der Waals surface area contributed by atoms with Gasteiger partial charge >= 0.3 is 0 Å². The molecule has 1 aliphatic carbocycles.